The normalized spacial score (nSPS) is 15.7. The summed E-state index contributed by atoms with van der Waals surface area (Å²) in [7, 11) is 0. The summed E-state index contributed by atoms with van der Waals surface area (Å²) in [6.07, 6.45) is 5.46. The quantitative estimate of drug-likeness (QED) is 0.626. The zero-order valence-corrected chi connectivity index (χ0v) is 17.0. The molecule has 1 aliphatic rings. The van der Waals surface area contributed by atoms with Crippen LogP contribution in [0.5, 0.6) is 0 Å². The summed E-state index contributed by atoms with van der Waals surface area (Å²) in [5.41, 5.74) is 9.15. The molecule has 0 saturated carbocycles. The minimum Gasteiger partial charge on any atom is -0.354 e. The van der Waals surface area contributed by atoms with Crippen LogP contribution in [0.4, 0.5) is 0 Å². The van der Waals surface area contributed by atoms with Crippen LogP contribution in [-0.2, 0) is 6.42 Å². The Bertz CT molecular complexity index is 946. The zero-order chi connectivity index (χ0) is 19.0. The number of piperidine rings is 1. The average Bonchev–Trinajstić information content (AvgIpc) is 3.07. The third-order valence-corrected chi connectivity index (χ3v) is 6.04. The fourth-order valence-corrected chi connectivity index (χ4v) is 4.48. The van der Waals surface area contributed by atoms with Crippen molar-refractivity contribution >= 4 is 10.9 Å². The summed E-state index contributed by atoms with van der Waals surface area (Å²) in [6.45, 7) is 11.2. The van der Waals surface area contributed by atoms with Gasteiger partial charge in [-0.15, -0.1) is 0 Å². The van der Waals surface area contributed by atoms with Gasteiger partial charge in [0.2, 0.25) is 0 Å². The monoisotopic (exact) mass is 361 g/mol. The van der Waals surface area contributed by atoms with Gasteiger partial charge in [0.1, 0.15) is 0 Å². The zero-order valence-electron chi connectivity index (χ0n) is 17.0. The van der Waals surface area contributed by atoms with Gasteiger partial charge < -0.3 is 10.3 Å². The number of hydrogen-bond acceptors (Lipinski definition) is 2. The number of rotatable bonds is 4. The summed E-state index contributed by atoms with van der Waals surface area (Å²) in [6, 6.07) is 9.34. The maximum absolute atomic E-state index is 4.57. The third kappa shape index (κ3) is 3.41. The summed E-state index contributed by atoms with van der Waals surface area (Å²) in [5.74, 6) is 1.15. The molecule has 0 radical (unpaired) electrons. The largest absolute Gasteiger partial charge is 0.354 e. The van der Waals surface area contributed by atoms with Crippen LogP contribution in [0.25, 0.3) is 22.2 Å². The van der Waals surface area contributed by atoms with E-state index in [0.717, 1.165) is 25.2 Å². The van der Waals surface area contributed by atoms with E-state index in [4.69, 9.17) is 0 Å². The van der Waals surface area contributed by atoms with Crippen molar-refractivity contribution in [3.8, 4) is 11.3 Å². The van der Waals surface area contributed by atoms with Gasteiger partial charge in [0.05, 0.1) is 5.69 Å². The number of fused-ring (bicyclic) bond motifs is 1. The van der Waals surface area contributed by atoms with Crippen LogP contribution in [0.2, 0.25) is 0 Å². The molecule has 0 aliphatic carbocycles. The van der Waals surface area contributed by atoms with E-state index < -0.39 is 0 Å². The summed E-state index contributed by atoms with van der Waals surface area (Å²) in [5, 5.41) is 4.88. The van der Waals surface area contributed by atoms with Crippen LogP contribution in [-0.4, -0.2) is 23.1 Å². The molecule has 1 aliphatic heterocycles. The fraction of sp³-hybridized carbons (Fsp3) is 0.458. The molecule has 27 heavy (non-hydrogen) atoms. The second-order valence-electron chi connectivity index (χ2n) is 8.24. The Morgan fingerprint density at radius 1 is 1.15 bits per heavy atom. The second kappa shape index (κ2) is 7.47. The van der Waals surface area contributed by atoms with Gasteiger partial charge >= 0.3 is 0 Å². The Morgan fingerprint density at radius 3 is 2.63 bits per heavy atom. The number of aromatic amines is 1. The van der Waals surface area contributed by atoms with Crippen molar-refractivity contribution in [2.75, 3.05) is 13.1 Å². The van der Waals surface area contributed by atoms with Gasteiger partial charge in [0.15, 0.2) is 0 Å². The van der Waals surface area contributed by atoms with Crippen LogP contribution in [0.1, 0.15) is 67.8 Å². The van der Waals surface area contributed by atoms with Crippen LogP contribution >= 0.6 is 0 Å². The van der Waals surface area contributed by atoms with Gasteiger partial charge in [-0.2, -0.15) is 0 Å². The highest BCUT2D eigenvalue weighted by Crippen LogP contribution is 2.38. The maximum Gasteiger partial charge on any atom is 0.0503 e. The van der Waals surface area contributed by atoms with E-state index in [2.05, 4.69) is 67.2 Å². The predicted molar refractivity (Wildman–Crippen MR) is 115 cm³/mol. The first-order chi connectivity index (χ1) is 13.1. The lowest BCUT2D eigenvalue weighted by molar-refractivity contribution is 0.460. The lowest BCUT2D eigenvalue weighted by Gasteiger charge is -2.23. The lowest BCUT2D eigenvalue weighted by Crippen LogP contribution is -2.26. The van der Waals surface area contributed by atoms with Crippen LogP contribution in [0.15, 0.2) is 30.5 Å². The first-order valence-electron chi connectivity index (χ1n) is 10.4. The topological polar surface area (TPSA) is 40.7 Å². The smallest absolute Gasteiger partial charge is 0.0503 e. The molecule has 3 nitrogen and oxygen atoms in total. The Hall–Kier alpha value is -2.13. The van der Waals surface area contributed by atoms with Crippen molar-refractivity contribution in [1.82, 2.24) is 15.3 Å². The minimum absolute atomic E-state index is 0.467. The molecule has 0 unspecified atom stereocenters. The number of aryl methyl sites for hydroxylation is 2. The van der Waals surface area contributed by atoms with Gasteiger partial charge in [-0.25, -0.2) is 0 Å². The van der Waals surface area contributed by atoms with E-state index in [1.165, 1.54) is 51.7 Å². The molecule has 3 heterocycles. The van der Waals surface area contributed by atoms with E-state index >= 15 is 0 Å². The van der Waals surface area contributed by atoms with E-state index in [9.17, 15) is 0 Å². The molecule has 3 heteroatoms. The second-order valence-corrected chi connectivity index (χ2v) is 8.24. The van der Waals surface area contributed by atoms with Crippen LogP contribution < -0.4 is 5.32 Å². The van der Waals surface area contributed by atoms with Gasteiger partial charge in [-0.05, 0) is 86.0 Å². The van der Waals surface area contributed by atoms with Gasteiger partial charge in [0, 0.05) is 28.4 Å². The number of H-pyrrole nitrogens is 1. The molecule has 1 saturated heterocycles. The highest BCUT2D eigenvalue weighted by Gasteiger charge is 2.20. The molecule has 1 aromatic carbocycles. The highest BCUT2D eigenvalue weighted by atomic mass is 14.9. The van der Waals surface area contributed by atoms with Gasteiger partial charge in [0.25, 0.3) is 0 Å². The molecule has 142 valence electrons. The van der Waals surface area contributed by atoms with Gasteiger partial charge in [-0.3, -0.25) is 4.98 Å². The Kier molecular flexibility index (Phi) is 5.05. The number of benzene rings is 1. The molecule has 4 rings (SSSR count). The van der Waals surface area contributed by atoms with Crippen molar-refractivity contribution in [1.29, 1.82) is 0 Å². The molecule has 0 atom stereocenters. The highest BCUT2D eigenvalue weighted by molar-refractivity contribution is 5.92. The number of aromatic nitrogens is 2. The van der Waals surface area contributed by atoms with Gasteiger partial charge in [-0.1, -0.05) is 26.8 Å². The van der Waals surface area contributed by atoms with E-state index in [0.29, 0.717) is 11.8 Å². The lowest BCUT2D eigenvalue weighted by atomic mass is 9.88. The van der Waals surface area contributed by atoms with Crippen molar-refractivity contribution in [3.05, 3.63) is 52.8 Å². The molecule has 0 spiro atoms. The van der Waals surface area contributed by atoms with Crippen LogP contribution in [0.3, 0.4) is 0 Å². The molecule has 0 bridgehead atoms. The van der Waals surface area contributed by atoms with E-state index in [1.807, 2.05) is 6.20 Å². The van der Waals surface area contributed by atoms with Crippen molar-refractivity contribution in [2.24, 2.45) is 0 Å². The number of hydrogen-bond donors (Lipinski definition) is 2. The standard InChI is InChI=1S/C24H31N3/c1-5-19-13-20(16(4)14-26-19)24-23(15(2)3)21-12-18(6-7-22(21)27-24)17-8-10-25-11-9-17/h6-7,12-15,17,25,27H,5,8-11H2,1-4H3. The first kappa shape index (κ1) is 18.2. The number of pyridine rings is 1. The molecule has 2 N–H and O–H groups in total. The third-order valence-electron chi connectivity index (χ3n) is 6.04. The average molecular weight is 362 g/mol. The molecular formula is C24H31N3. The summed E-state index contributed by atoms with van der Waals surface area (Å²) < 4.78 is 0. The molecular weight excluding hydrogens is 330 g/mol. The van der Waals surface area contributed by atoms with E-state index in [-0.39, 0.29) is 0 Å². The SMILES string of the molecule is CCc1cc(-c2[nH]c3ccc(C4CCNCC4)cc3c2C(C)C)c(C)cn1. The maximum atomic E-state index is 4.57. The molecule has 2 aromatic heterocycles. The Morgan fingerprint density at radius 2 is 1.93 bits per heavy atom. The Labute approximate surface area is 162 Å². The molecule has 1 fully saturated rings. The minimum atomic E-state index is 0.467. The predicted octanol–water partition coefficient (Wildman–Crippen LogP) is 5.69. The van der Waals surface area contributed by atoms with Crippen LogP contribution in [0, 0.1) is 6.92 Å². The summed E-state index contributed by atoms with van der Waals surface area (Å²) in [4.78, 5) is 8.31. The number of nitrogens with one attached hydrogen (secondary N) is 2. The van der Waals surface area contributed by atoms with E-state index in [1.54, 1.807) is 0 Å². The molecule has 0 amide bonds. The molecule has 3 aromatic rings. The van der Waals surface area contributed by atoms with Crippen molar-refractivity contribution < 1.29 is 0 Å². The fourth-order valence-electron chi connectivity index (χ4n) is 4.48. The van der Waals surface area contributed by atoms with Crippen molar-refractivity contribution in [3.63, 3.8) is 0 Å². The summed E-state index contributed by atoms with van der Waals surface area (Å²) >= 11 is 0. The van der Waals surface area contributed by atoms with Crippen molar-refractivity contribution in [2.45, 2.75) is 58.8 Å². The first-order valence-corrected chi connectivity index (χ1v) is 10.4. The Balaban J connectivity index is 1.87. The number of nitrogens with zero attached hydrogens (tertiary/aromatic N) is 1.